The average Bonchev–Trinajstić information content (AvgIpc) is 3.32. The highest BCUT2D eigenvalue weighted by atomic mass is 16.5. The van der Waals surface area contributed by atoms with Crippen molar-refractivity contribution in [2.24, 2.45) is 23.3 Å². The minimum absolute atomic E-state index is 0.105. The molecule has 1 aliphatic rings. The van der Waals surface area contributed by atoms with Crippen molar-refractivity contribution < 1.29 is 62.3 Å². The summed E-state index contributed by atoms with van der Waals surface area (Å²) in [6.45, 7) is 2.61. The van der Waals surface area contributed by atoms with E-state index in [1.54, 1.807) is 54.6 Å². The Balaban J connectivity index is 1.65. The number of amides is 9. The predicted molar refractivity (Wildman–Crippen MR) is 263 cm³/mol. The standard InChI is InChI=1S/C51H70N8O13/c1-33(60)54-25-9-7-13-40(58-51(71)41(56-34(2)61)19-21-45(52)65)44(64)29-37(43(63)30-38(42(62)20-22-46(53)66)28-36-10-4-3-5-11-36)12-6-8-26-55-47(67)31-72-32-48(68)57-39-17-14-35(15-18-39)16-23-49(69)59-27-24-50(59)70/h3-5,10-11,14-15,17-18,37-38,40-41H,6-9,12-13,16,19-32H2,1-2H3,(H2,52,65)(H2,53,66)(H,54,60)(H,55,67)(H,56,61)(H,57,68)(H,58,71)/t37-,38-,40+,41+/m1/s1. The van der Waals surface area contributed by atoms with Crippen LogP contribution in [-0.2, 0) is 75.1 Å². The molecule has 72 heavy (non-hydrogen) atoms. The molecular formula is C51H70N8O13. The number of Topliss-reactive ketones (excluding diaryl/α,β-unsaturated/α-hetero) is 3. The van der Waals surface area contributed by atoms with Crippen molar-refractivity contribution >= 4 is 76.2 Å². The number of imide groups is 1. The van der Waals surface area contributed by atoms with Gasteiger partial charge in [-0.2, -0.15) is 0 Å². The molecule has 3 rings (SSSR count). The average molecular weight is 1000 g/mol. The van der Waals surface area contributed by atoms with Crippen LogP contribution in [0.25, 0.3) is 0 Å². The van der Waals surface area contributed by atoms with Gasteiger partial charge in [0, 0.05) is 96.0 Å². The molecule has 9 amide bonds. The zero-order valence-corrected chi connectivity index (χ0v) is 41.3. The number of carbonyl (C=O) groups excluding carboxylic acids is 12. The molecule has 21 nitrogen and oxygen atoms in total. The summed E-state index contributed by atoms with van der Waals surface area (Å²) in [5.41, 5.74) is 12.7. The van der Waals surface area contributed by atoms with E-state index in [2.05, 4.69) is 26.6 Å². The van der Waals surface area contributed by atoms with Crippen LogP contribution in [0.15, 0.2) is 54.6 Å². The van der Waals surface area contributed by atoms with E-state index < -0.39 is 84.1 Å². The molecule has 1 aliphatic heterocycles. The molecule has 0 spiro atoms. The van der Waals surface area contributed by atoms with Crippen molar-refractivity contribution in [2.45, 2.75) is 129 Å². The lowest BCUT2D eigenvalue weighted by molar-refractivity contribution is -0.152. The number of nitrogens with one attached hydrogen (secondary N) is 5. The fraction of sp³-hybridized carbons (Fsp3) is 0.529. The van der Waals surface area contributed by atoms with Crippen LogP contribution in [-0.4, -0.2) is 120 Å². The van der Waals surface area contributed by atoms with Crippen molar-refractivity contribution in [2.75, 3.05) is 38.2 Å². The number of aryl methyl sites for hydroxylation is 1. The highest BCUT2D eigenvalue weighted by molar-refractivity contribution is 5.99. The first kappa shape index (κ1) is 59.2. The van der Waals surface area contributed by atoms with Gasteiger partial charge in [0.2, 0.25) is 53.2 Å². The van der Waals surface area contributed by atoms with E-state index in [0.29, 0.717) is 57.3 Å². The zero-order chi connectivity index (χ0) is 53.0. The van der Waals surface area contributed by atoms with Crippen molar-refractivity contribution in [3.63, 3.8) is 0 Å². The summed E-state index contributed by atoms with van der Waals surface area (Å²) < 4.78 is 5.31. The number of carbonyl (C=O) groups is 12. The van der Waals surface area contributed by atoms with Crippen LogP contribution in [0, 0.1) is 11.8 Å². The fourth-order valence-electron chi connectivity index (χ4n) is 7.89. The number of rotatable bonds is 36. The Bertz CT molecular complexity index is 2220. The summed E-state index contributed by atoms with van der Waals surface area (Å²) in [5.74, 6) is -7.37. The number of ether oxygens (including phenoxy) is 1. The molecule has 4 atom stereocenters. The summed E-state index contributed by atoms with van der Waals surface area (Å²) in [5, 5.41) is 13.2. The monoisotopic (exact) mass is 1000 g/mol. The number of β-lactam (4-membered cyclic amide) rings is 1. The molecule has 1 heterocycles. The van der Waals surface area contributed by atoms with Gasteiger partial charge >= 0.3 is 0 Å². The number of primary amides is 2. The molecule has 0 unspecified atom stereocenters. The molecule has 2 aromatic rings. The van der Waals surface area contributed by atoms with Crippen LogP contribution in [0.4, 0.5) is 5.69 Å². The third-order valence-electron chi connectivity index (χ3n) is 11.9. The third-order valence-corrected chi connectivity index (χ3v) is 11.9. The second kappa shape index (κ2) is 31.9. The quantitative estimate of drug-likeness (QED) is 0.0376. The van der Waals surface area contributed by atoms with Crippen molar-refractivity contribution in [1.29, 1.82) is 0 Å². The third kappa shape index (κ3) is 23.6. The molecule has 392 valence electrons. The van der Waals surface area contributed by atoms with Crippen LogP contribution in [0.5, 0.6) is 0 Å². The molecule has 0 saturated carbocycles. The second-order valence-corrected chi connectivity index (χ2v) is 17.9. The Morgan fingerprint density at radius 1 is 0.611 bits per heavy atom. The number of anilines is 1. The van der Waals surface area contributed by atoms with Gasteiger partial charge < -0.3 is 42.8 Å². The Kier molecular flexibility index (Phi) is 26.2. The lowest BCUT2D eigenvalue weighted by Gasteiger charge is -2.28. The van der Waals surface area contributed by atoms with Gasteiger partial charge in [-0.25, -0.2) is 0 Å². The Morgan fingerprint density at radius 3 is 1.86 bits per heavy atom. The number of hydrogen-bond acceptors (Lipinski definition) is 13. The first-order chi connectivity index (χ1) is 34.3. The second-order valence-electron chi connectivity index (χ2n) is 17.9. The number of likely N-dealkylation sites (tertiary alicyclic amines) is 1. The maximum Gasteiger partial charge on any atom is 0.250 e. The smallest absolute Gasteiger partial charge is 0.250 e. The van der Waals surface area contributed by atoms with Gasteiger partial charge in [-0.1, -0.05) is 48.9 Å². The van der Waals surface area contributed by atoms with Gasteiger partial charge in [-0.05, 0) is 74.6 Å². The van der Waals surface area contributed by atoms with E-state index in [1.807, 2.05) is 0 Å². The normalized spacial score (nSPS) is 13.5. The minimum atomic E-state index is -1.20. The van der Waals surface area contributed by atoms with Crippen molar-refractivity contribution in [3.05, 3.63) is 65.7 Å². The van der Waals surface area contributed by atoms with E-state index in [-0.39, 0.29) is 94.3 Å². The van der Waals surface area contributed by atoms with Gasteiger partial charge in [0.25, 0.3) is 0 Å². The zero-order valence-electron chi connectivity index (χ0n) is 41.3. The molecular weight excluding hydrogens is 933 g/mol. The molecule has 1 saturated heterocycles. The van der Waals surface area contributed by atoms with Crippen LogP contribution in [0.2, 0.25) is 0 Å². The maximum absolute atomic E-state index is 14.3. The van der Waals surface area contributed by atoms with E-state index in [1.165, 1.54) is 18.7 Å². The van der Waals surface area contributed by atoms with Gasteiger partial charge in [0.05, 0.1) is 6.04 Å². The summed E-state index contributed by atoms with van der Waals surface area (Å²) in [7, 11) is 0. The van der Waals surface area contributed by atoms with Crippen molar-refractivity contribution in [3.8, 4) is 0 Å². The topological polar surface area (TPSA) is 329 Å². The van der Waals surface area contributed by atoms with Crippen LogP contribution < -0.4 is 38.1 Å². The number of nitrogens with zero attached hydrogens (tertiary/aromatic N) is 1. The van der Waals surface area contributed by atoms with E-state index in [4.69, 9.17) is 16.2 Å². The highest BCUT2D eigenvalue weighted by Crippen LogP contribution is 2.25. The minimum Gasteiger partial charge on any atom is -0.370 e. The lowest BCUT2D eigenvalue weighted by atomic mass is 9.82. The van der Waals surface area contributed by atoms with Crippen LogP contribution >= 0.6 is 0 Å². The molecule has 0 bridgehead atoms. The van der Waals surface area contributed by atoms with Gasteiger partial charge in [0.15, 0.2) is 5.78 Å². The maximum atomic E-state index is 14.3. The SMILES string of the molecule is CC(=O)NCCCC[C@H](NC(=O)[C@H](CCC(N)=O)NC(C)=O)C(=O)C[C@@H](CCCCNC(=O)COCC(=O)Nc1ccc(CCC(=O)N2CCC2=O)cc1)C(=O)C[C@@H](Cc1ccccc1)C(=O)CCC(N)=O. The van der Waals surface area contributed by atoms with Crippen LogP contribution in [0.1, 0.15) is 115 Å². The lowest BCUT2D eigenvalue weighted by Crippen LogP contribution is -2.51. The molecule has 2 aromatic carbocycles. The summed E-state index contributed by atoms with van der Waals surface area (Å²) in [4.78, 5) is 152. The van der Waals surface area contributed by atoms with Gasteiger partial charge in [-0.15, -0.1) is 0 Å². The van der Waals surface area contributed by atoms with Gasteiger partial charge in [0.1, 0.15) is 30.8 Å². The van der Waals surface area contributed by atoms with E-state index in [0.717, 1.165) is 11.1 Å². The Morgan fingerprint density at radius 2 is 1.25 bits per heavy atom. The number of ketones is 3. The summed E-state index contributed by atoms with van der Waals surface area (Å²) >= 11 is 0. The molecule has 0 aliphatic carbocycles. The van der Waals surface area contributed by atoms with Crippen LogP contribution in [0.3, 0.4) is 0 Å². The summed E-state index contributed by atoms with van der Waals surface area (Å²) in [6, 6.07) is 13.5. The largest absolute Gasteiger partial charge is 0.370 e. The number of nitrogens with two attached hydrogens (primary N) is 2. The first-order valence-corrected chi connectivity index (χ1v) is 24.4. The molecule has 9 N–H and O–H groups in total. The molecule has 0 radical (unpaired) electrons. The van der Waals surface area contributed by atoms with Gasteiger partial charge in [-0.3, -0.25) is 62.4 Å². The predicted octanol–water partition coefficient (Wildman–Crippen LogP) is 1.41. The summed E-state index contributed by atoms with van der Waals surface area (Å²) in [6.07, 6.45) is 1.61. The van der Waals surface area contributed by atoms with E-state index in [9.17, 15) is 57.5 Å². The number of unbranched alkanes of at least 4 members (excludes halogenated alkanes) is 2. The Hall–Kier alpha value is -7.16. The fourth-order valence-corrected chi connectivity index (χ4v) is 7.89. The Labute approximate surface area is 419 Å². The highest BCUT2D eigenvalue weighted by Gasteiger charge is 2.33. The molecule has 0 aromatic heterocycles. The number of hydrogen-bond donors (Lipinski definition) is 7. The van der Waals surface area contributed by atoms with Crippen molar-refractivity contribution in [1.82, 2.24) is 26.2 Å². The molecule has 21 heteroatoms. The molecule has 1 fully saturated rings. The first-order valence-electron chi connectivity index (χ1n) is 24.4. The van der Waals surface area contributed by atoms with E-state index >= 15 is 0 Å². The number of benzene rings is 2.